The normalized spacial score (nSPS) is 10.8. The highest BCUT2D eigenvalue weighted by Crippen LogP contribution is 2.45. The van der Waals surface area contributed by atoms with Crippen molar-refractivity contribution in [2.24, 2.45) is 0 Å². The van der Waals surface area contributed by atoms with Gasteiger partial charge in [0.15, 0.2) is 23.7 Å². The molecule has 0 saturated heterocycles. The molecule has 0 spiro atoms. The van der Waals surface area contributed by atoms with Crippen LogP contribution in [0.25, 0.3) is 10.8 Å². The van der Waals surface area contributed by atoms with Gasteiger partial charge in [0.25, 0.3) is 5.91 Å². The standard InChI is InChI=1S/C30H43NO6/c1-3-5-6-7-8-9-10-11-12-15-21-35-22-16-19-31-30(34)26-27(33)24-17-13-14-18-25(24)28(36-4-2)29(26)37-23-20-32/h13-14,17-18,23,33H,3-12,15-16,19,21-22H2,1-2H3,(H,31,34). The Bertz CT molecular complexity index is 999. The SMILES string of the molecule is CCCCCCCCCCCCOCCCNC(=O)c1c(OC=C=O)c(OCC)c2ccccc2c1O. The number of benzene rings is 2. The van der Waals surface area contributed by atoms with Gasteiger partial charge in [0.2, 0.25) is 0 Å². The number of ether oxygens (including phenoxy) is 3. The molecule has 0 aromatic heterocycles. The van der Waals surface area contributed by atoms with Crippen molar-refractivity contribution in [1.82, 2.24) is 5.32 Å². The van der Waals surface area contributed by atoms with Crippen molar-refractivity contribution in [1.29, 1.82) is 0 Å². The number of nitrogens with one attached hydrogen (secondary N) is 1. The molecule has 2 aromatic rings. The third kappa shape index (κ3) is 10.1. The molecule has 204 valence electrons. The maximum absolute atomic E-state index is 13.0. The Hall–Kier alpha value is -3.02. The van der Waals surface area contributed by atoms with Crippen molar-refractivity contribution in [2.75, 3.05) is 26.4 Å². The average molecular weight is 514 g/mol. The molecule has 0 fully saturated rings. The number of carbonyl (C=O) groups is 1. The van der Waals surface area contributed by atoms with Crippen LogP contribution in [0.15, 0.2) is 30.5 Å². The van der Waals surface area contributed by atoms with Gasteiger partial charge in [0, 0.05) is 30.5 Å². The molecule has 7 nitrogen and oxygen atoms in total. The fraction of sp³-hybridized carbons (Fsp3) is 0.567. The minimum Gasteiger partial charge on any atom is -0.506 e. The smallest absolute Gasteiger partial charge is 0.259 e. The van der Waals surface area contributed by atoms with Crippen LogP contribution in [-0.4, -0.2) is 43.3 Å². The third-order valence-corrected chi connectivity index (χ3v) is 6.23. The van der Waals surface area contributed by atoms with Crippen LogP contribution in [0.3, 0.4) is 0 Å². The first-order valence-corrected chi connectivity index (χ1v) is 13.8. The van der Waals surface area contributed by atoms with E-state index in [1.807, 2.05) is 0 Å². The van der Waals surface area contributed by atoms with Gasteiger partial charge in [-0.25, -0.2) is 4.79 Å². The van der Waals surface area contributed by atoms with Crippen molar-refractivity contribution in [3.63, 3.8) is 0 Å². The second kappa shape index (κ2) is 18.3. The Morgan fingerprint density at radius 2 is 1.51 bits per heavy atom. The van der Waals surface area contributed by atoms with Crippen molar-refractivity contribution in [3.05, 3.63) is 36.1 Å². The molecule has 0 aliphatic carbocycles. The Kier molecular flexibility index (Phi) is 14.9. The van der Waals surface area contributed by atoms with E-state index in [1.165, 1.54) is 63.7 Å². The number of rotatable bonds is 20. The van der Waals surface area contributed by atoms with Crippen LogP contribution in [0, 0.1) is 0 Å². The summed E-state index contributed by atoms with van der Waals surface area (Å²) < 4.78 is 16.8. The Labute approximate surface area is 221 Å². The number of unbranched alkanes of at least 4 members (excludes halogenated alkanes) is 9. The summed E-state index contributed by atoms with van der Waals surface area (Å²) in [6, 6.07) is 7.01. The number of amides is 1. The molecule has 0 aliphatic heterocycles. The number of aromatic hydroxyl groups is 1. The number of carbonyl (C=O) groups excluding carboxylic acids is 2. The number of phenolic OH excluding ortho intramolecular Hbond substituents is 1. The average Bonchev–Trinajstić information content (AvgIpc) is 2.91. The van der Waals surface area contributed by atoms with Crippen LogP contribution in [0.4, 0.5) is 0 Å². The summed E-state index contributed by atoms with van der Waals surface area (Å²) >= 11 is 0. The van der Waals surface area contributed by atoms with Gasteiger partial charge < -0.3 is 24.6 Å². The van der Waals surface area contributed by atoms with E-state index < -0.39 is 5.91 Å². The zero-order chi connectivity index (χ0) is 26.7. The monoisotopic (exact) mass is 513 g/mol. The zero-order valence-corrected chi connectivity index (χ0v) is 22.5. The van der Waals surface area contributed by atoms with E-state index >= 15 is 0 Å². The minimum atomic E-state index is -0.520. The lowest BCUT2D eigenvalue weighted by molar-refractivity contribution is 0.0934. The van der Waals surface area contributed by atoms with Crippen LogP contribution in [0.5, 0.6) is 17.2 Å². The fourth-order valence-corrected chi connectivity index (χ4v) is 4.32. The van der Waals surface area contributed by atoms with Gasteiger partial charge in [-0.1, -0.05) is 89.0 Å². The van der Waals surface area contributed by atoms with Crippen LogP contribution < -0.4 is 14.8 Å². The maximum Gasteiger partial charge on any atom is 0.259 e. The first-order chi connectivity index (χ1) is 18.2. The molecule has 37 heavy (non-hydrogen) atoms. The van der Waals surface area contributed by atoms with E-state index in [9.17, 15) is 14.7 Å². The molecule has 0 atom stereocenters. The largest absolute Gasteiger partial charge is 0.506 e. The van der Waals surface area contributed by atoms with Crippen molar-refractivity contribution in [3.8, 4) is 17.2 Å². The topological polar surface area (TPSA) is 94.1 Å². The Balaban J connectivity index is 1.78. The third-order valence-electron chi connectivity index (χ3n) is 6.23. The molecule has 0 saturated carbocycles. The summed E-state index contributed by atoms with van der Waals surface area (Å²) in [5, 5.41) is 14.7. The summed E-state index contributed by atoms with van der Waals surface area (Å²) in [4.78, 5) is 23.8. The van der Waals surface area contributed by atoms with Gasteiger partial charge in [0.05, 0.1) is 6.61 Å². The first kappa shape index (κ1) is 30.2. The number of hydrogen-bond acceptors (Lipinski definition) is 6. The zero-order valence-electron chi connectivity index (χ0n) is 22.5. The van der Waals surface area contributed by atoms with E-state index in [1.54, 1.807) is 31.2 Å². The van der Waals surface area contributed by atoms with E-state index in [-0.39, 0.29) is 22.8 Å². The molecule has 0 radical (unpaired) electrons. The number of hydrogen-bond donors (Lipinski definition) is 2. The van der Waals surface area contributed by atoms with Gasteiger partial charge in [-0.05, 0) is 19.8 Å². The molecule has 1 amide bonds. The van der Waals surface area contributed by atoms with Gasteiger partial charge >= 0.3 is 0 Å². The lowest BCUT2D eigenvalue weighted by Gasteiger charge is -2.18. The maximum atomic E-state index is 13.0. The molecular weight excluding hydrogens is 470 g/mol. The lowest BCUT2D eigenvalue weighted by atomic mass is 10.0. The van der Waals surface area contributed by atoms with Crippen molar-refractivity contribution in [2.45, 2.75) is 84.5 Å². The summed E-state index contributed by atoms with van der Waals surface area (Å²) in [7, 11) is 0. The minimum absolute atomic E-state index is 0.0175. The first-order valence-electron chi connectivity index (χ1n) is 13.8. The van der Waals surface area contributed by atoms with E-state index in [0.29, 0.717) is 37.0 Å². The highest BCUT2D eigenvalue weighted by molar-refractivity contribution is 6.09. The molecule has 2 aromatic carbocycles. The molecule has 0 aliphatic rings. The van der Waals surface area contributed by atoms with Gasteiger partial charge in [-0.2, -0.15) is 0 Å². The summed E-state index contributed by atoms with van der Waals surface area (Å²) in [5.41, 5.74) is -0.0834. The number of phenols is 1. The molecule has 0 unspecified atom stereocenters. The molecule has 2 N–H and O–H groups in total. The molecular formula is C30H43NO6. The quantitative estimate of drug-likeness (QED) is 0.116. The van der Waals surface area contributed by atoms with E-state index in [2.05, 4.69) is 12.2 Å². The van der Waals surface area contributed by atoms with Gasteiger partial charge in [-0.15, -0.1) is 0 Å². The molecule has 0 heterocycles. The summed E-state index contributed by atoms with van der Waals surface area (Å²) in [6.07, 6.45) is 14.3. The van der Waals surface area contributed by atoms with Gasteiger partial charge in [0.1, 0.15) is 11.3 Å². The summed E-state index contributed by atoms with van der Waals surface area (Å²) in [5.74, 6) is 1.05. The predicted octanol–water partition coefficient (Wildman–Crippen LogP) is 6.73. The summed E-state index contributed by atoms with van der Waals surface area (Å²) in [6.45, 7) is 6.00. The highest BCUT2D eigenvalue weighted by atomic mass is 16.5. The van der Waals surface area contributed by atoms with Crippen LogP contribution in [0.2, 0.25) is 0 Å². The fourth-order valence-electron chi connectivity index (χ4n) is 4.32. The van der Waals surface area contributed by atoms with Crippen molar-refractivity contribution >= 4 is 22.6 Å². The Morgan fingerprint density at radius 1 is 0.892 bits per heavy atom. The Morgan fingerprint density at radius 3 is 2.16 bits per heavy atom. The molecule has 0 bridgehead atoms. The molecule has 7 heteroatoms. The lowest BCUT2D eigenvalue weighted by Crippen LogP contribution is -2.26. The molecule has 2 rings (SSSR count). The second-order valence-corrected chi connectivity index (χ2v) is 9.12. The highest BCUT2D eigenvalue weighted by Gasteiger charge is 2.26. The second-order valence-electron chi connectivity index (χ2n) is 9.12. The van der Waals surface area contributed by atoms with Crippen LogP contribution >= 0.6 is 0 Å². The predicted molar refractivity (Wildman–Crippen MR) is 147 cm³/mol. The van der Waals surface area contributed by atoms with E-state index in [0.717, 1.165) is 19.3 Å². The van der Waals surface area contributed by atoms with Gasteiger partial charge in [-0.3, -0.25) is 4.79 Å². The van der Waals surface area contributed by atoms with E-state index in [4.69, 9.17) is 14.2 Å². The van der Waals surface area contributed by atoms with Crippen molar-refractivity contribution < 1.29 is 28.9 Å². The van der Waals surface area contributed by atoms with Crippen LogP contribution in [0.1, 0.15) is 94.8 Å². The van der Waals surface area contributed by atoms with Crippen LogP contribution in [-0.2, 0) is 9.53 Å². The number of fused-ring (bicyclic) bond motifs is 1.